The summed E-state index contributed by atoms with van der Waals surface area (Å²) in [4.78, 5) is 19.9. The summed E-state index contributed by atoms with van der Waals surface area (Å²) < 4.78 is 0.962. The Balaban J connectivity index is 2.53. The van der Waals surface area contributed by atoms with Crippen LogP contribution >= 0.6 is 27.3 Å². The van der Waals surface area contributed by atoms with Crippen LogP contribution in [-0.2, 0) is 0 Å². The first-order valence-corrected chi connectivity index (χ1v) is 6.02. The predicted octanol–water partition coefficient (Wildman–Crippen LogP) is 2.97. The zero-order chi connectivity index (χ0) is 11.7. The number of halogens is 1. The number of aryl methyl sites for hydroxylation is 1. The van der Waals surface area contributed by atoms with E-state index in [1.165, 1.54) is 17.4 Å². The van der Waals surface area contributed by atoms with Crippen molar-refractivity contribution >= 4 is 33.2 Å². The third kappa shape index (κ3) is 2.28. The molecule has 0 spiro atoms. The van der Waals surface area contributed by atoms with Crippen LogP contribution in [0.3, 0.4) is 0 Å². The molecule has 0 aliphatic carbocycles. The van der Waals surface area contributed by atoms with Crippen LogP contribution in [-0.4, -0.2) is 21.0 Å². The Labute approximate surface area is 104 Å². The van der Waals surface area contributed by atoms with Crippen LogP contribution in [0.1, 0.15) is 16.2 Å². The summed E-state index contributed by atoms with van der Waals surface area (Å²) in [5.41, 5.74) is 0.666. The molecule has 2 rings (SSSR count). The van der Waals surface area contributed by atoms with Crippen molar-refractivity contribution in [3.05, 3.63) is 33.4 Å². The topological polar surface area (TPSA) is 63.1 Å². The molecule has 0 saturated heterocycles. The van der Waals surface area contributed by atoms with Crippen LogP contribution in [0.5, 0.6) is 0 Å². The van der Waals surface area contributed by atoms with Crippen LogP contribution in [0, 0.1) is 6.92 Å². The first-order valence-electron chi connectivity index (χ1n) is 4.41. The number of rotatable bonds is 2. The van der Waals surface area contributed by atoms with E-state index in [1.807, 2.05) is 12.1 Å². The smallest absolute Gasteiger partial charge is 0.354 e. The second-order valence-electron chi connectivity index (χ2n) is 3.13. The van der Waals surface area contributed by atoms with Gasteiger partial charge in [0.25, 0.3) is 0 Å². The Morgan fingerprint density at radius 2 is 2.19 bits per heavy atom. The molecule has 6 heteroatoms. The summed E-state index contributed by atoms with van der Waals surface area (Å²) in [5.74, 6) is -0.588. The zero-order valence-corrected chi connectivity index (χ0v) is 10.7. The highest BCUT2D eigenvalue weighted by molar-refractivity contribution is 9.11. The molecule has 0 atom stereocenters. The average Bonchev–Trinajstić information content (AvgIpc) is 2.64. The average molecular weight is 299 g/mol. The molecule has 0 fully saturated rings. The molecule has 0 radical (unpaired) electrons. The summed E-state index contributed by atoms with van der Waals surface area (Å²) in [6.07, 6.45) is 0. The van der Waals surface area contributed by atoms with Crippen LogP contribution in [0.15, 0.2) is 22.0 Å². The summed E-state index contributed by atoms with van der Waals surface area (Å²) in [5, 5.41) is 8.89. The second kappa shape index (κ2) is 4.31. The van der Waals surface area contributed by atoms with Crippen molar-refractivity contribution in [1.82, 2.24) is 9.97 Å². The highest BCUT2D eigenvalue weighted by atomic mass is 79.9. The summed E-state index contributed by atoms with van der Waals surface area (Å²) >= 11 is 4.81. The third-order valence-electron chi connectivity index (χ3n) is 1.87. The van der Waals surface area contributed by atoms with Gasteiger partial charge in [-0.2, -0.15) is 0 Å². The van der Waals surface area contributed by atoms with Gasteiger partial charge in [-0.3, -0.25) is 0 Å². The highest BCUT2D eigenvalue weighted by Gasteiger charge is 2.11. The van der Waals surface area contributed by atoms with Crippen molar-refractivity contribution in [2.45, 2.75) is 6.92 Å². The molecule has 82 valence electrons. The second-order valence-corrected chi connectivity index (χ2v) is 5.59. The van der Waals surface area contributed by atoms with Gasteiger partial charge in [-0.05, 0) is 41.1 Å². The molecule has 2 aromatic heterocycles. The maximum absolute atomic E-state index is 10.8. The maximum atomic E-state index is 10.8. The summed E-state index contributed by atoms with van der Waals surface area (Å²) in [6.45, 7) is 1.75. The fourth-order valence-corrected chi connectivity index (χ4v) is 2.54. The van der Waals surface area contributed by atoms with Crippen LogP contribution in [0.2, 0.25) is 0 Å². The van der Waals surface area contributed by atoms with Crippen molar-refractivity contribution in [2.24, 2.45) is 0 Å². The number of nitrogens with zero attached hydrogens (tertiary/aromatic N) is 2. The molecule has 0 unspecified atom stereocenters. The van der Waals surface area contributed by atoms with E-state index in [0.29, 0.717) is 11.5 Å². The minimum atomic E-state index is -1.04. The lowest BCUT2D eigenvalue weighted by Crippen LogP contribution is -2.03. The Morgan fingerprint density at radius 3 is 2.75 bits per heavy atom. The van der Waals surface area contributed by atoms with Crippen LogP contribution in [0.4, 0.5) is 0 Å². The Kier molecular flexibility index (Phi) is 3.02. The first-order chi connectivity index (χ1) is 7.56. The molecule has 0 aliphatic rings. The minimum Gasteiger partial charge on any atom is -0.477 e. The molecule has 16 heavy (non-hydrogen) atoms. The molecule has 4 nitrogen and oxygen atoms in total. The van der Waals surface area contributed by atoms with Gasteiger partial charge in [0.2, 0.25) is 0 Å². The zero-order valence-electron chi connectivity index (χ0n) is 8.27. The van der Waals surface area contributed by atoms with E-state index in [4.69, 9.17) is 5.11 Å². The maximum Gasteiger partial charge on any atom is 0.354 e. The lowest BCUT2D eigenvalue weighted by atomic mass is 10.3. The standard InChI is InChI=1S/C10H7BrN2O2S/c1-5-4-6(10(14)15)13-9(12-5)7-2-3-8(11)16-7/h2-4H,1H3,(H,14,15). The number of carboxylic acids is 1. The molecule has 0 amide bonds. The Morgan fingerprint density at radius 1 is 1.44 bits per heavy atom. The number of hydrogen-bond donors (Lipinski definition) is 1. The van der Waals surface area contributed by atoms with Gasteiger partial charge in [-0.15, -0.1) is 11.3 Å². The first kappa shape index (κ1) is 11.2. The summed E-state index contributed by atoms with van der Waals surface area (Å²) in [7, 11) is 0. The van der Waals surface area contributed by atoms with Crippen molar-refractivity contribution in [1.29, 1.82) is 0 Å². The van der Waals surface area contributed by atoms with E-state index in [9.17, 15) is 4.79 Å². The van der Waals surface area contributed by atoms with E-state index in [2.05, 4.69) is 25.9 Å². The molecule has 1 N–H and O–H groups in total. The fraction of sp³-hybridized carbons (Fsp3) is 0.100. The van der Waals surface area contributed by atoms with Gasteiger partial charge < -0.3 is 5.11 Å². The van der Waals surface area contributed by atoms with Crippen LogP contribution < -0.4 is 0 Å². The highest BCUT2D eigenvalue weighted by Crippen LogP contribution is 2.29. The number of carbonyl (C=O) groups is 1. The van der Waals surface area contributed by atoms with E-state index in [1.54, 1.807) is 6.92 Å². The largest absolute Gasteiger partial charge is 0.477 e. The SMILES string of the molecule is Cc1cc(C(=O)O)nc(-c2ccc(Br)s2)n1. The van der Waals surface area contributed by atoms with E-state index >= 15 is 0 Å². The molecule has 0 aliphatic heterocycles. The molecule has 0 saturated carbocycles. The molecular formula is C10H7BrN2O2S. The van der Waals surface area contributed by atoms with Gasteiger partial charge in [0, 0.05) is 5.69 Å². The molecule has 0 aromatic carbocycles. The fourth-order valence-electron chi connectivity index (χ4n) is 1.22. The number of thiophene rings is 1. The van der Waals surface area contributed by atoms with Gasteiger partial charge in [-0.25, -0.2) is 14.8 Å². The van der Waals surface area contributed by atoms with E-state index in [-0.39, 0.29) is 5.69 Å². The van der Waals surface area contributed by atoms with Crippen molar-refractivity contribution < 1.29 is 9.90 Å². The van der Waals surface area contributed by atoms with Crippen molar-refractivity contribution in [3.63, 3.8) is 0 Å². The number of carboxylic acid groups (broad SMARTS) is 1. The number of aromatic carboxylic acids is 1. The molecule has 0 bridgehead atoms. The van der Waals surface area contributed by atoms with E-state index < -0.39 is 5.97 Å². The normalized spacial score (nSPS) is 10.4. The van der Waals surface area contributed by atoms with E-state index in [0.717, 1.165) is 8.66 Å². The third-order valence-corrected chi connectivity index (χ3v) is 3.49. The summed E-state index contributed by atoms with van der Waals surface area (Å²) in [6, 6.07) is 5.19. The van der Waals surface area contributed by atoms with Crippen LogP contribution in [0.25, 0.3) is 10.7 Å². The number of aromatic nitrogens is 2. The molecule has 2 aromatic rings. The number of hydrogen-bond acceptors (Lipinski definition) is 4. The quantitative estimate of drug-likeness (QED) is 0.926. The lowest BCUT2D eigenvalue weighted by Gasteiger charge is -2.00. The van der Waals surface area contributed by atoms with Crippen molar-refractivity contribution in [2.75, 3.05) is 0 Å². The van der Waals surface area contributed by atoms with Gasteiger partial charge in [0.1, 0.15) is 0 Å². The van der Waals surface area contributed by atoms with Crippen molar-refractivity contribution in [3.8, 4) is 10.7 Å². The Bertz CT molecular complexity index is 554. The predicted molar refractivity (Wildman–Crippen MR) is 64.7 cm³/mol. The minimum absolute atomic E-state index is 0.0204. The Hall–Kier alpha value is -1.27. The lowest BCUT2D eigenvalue weighted by molar-refractivity contribution is 0.0690. The van der Waals surface area contributed by atoms with Gasteiger partial charge in [0.15, 0.2) is 11.5 Å². The van der Waals surface area contributed by atoms with Gasteiger partial charge in [0.05, 0.1) is 8.66 Å². The van der Waals surface area contributed by atoms with Gasteiger partial charge in [-0.1, -0.05) is 0 Å². The molecule has 2 heterocycles. The monoisotopic (exact) mass is 298 g/mol. The molecular weight excluding hydrogens is 292 g/mol. The van der Waals surface area contributed by atoms with Gasteiger partial charge >= 0.3 is 5.97 Å².